The maximum absolute atomic E-state index is 10.6. The first-order valence-electron chi connectivity index (χ1n) is 4.09. The van der Waals surface area contributed by atoms with E-state index >= 15 is 0 Å². The van der Waals surface area contributed by atoms with Crippen molar-refractivity contribution in [2.24, 2.45) is 5.92 Å². The highest BCUT2D eigenvalue weighted by molar-refractivity contribution is 6.64. The molecule has 1 fully saturated rings. The normalized spacial score (nSPS) is 23.1. The van der Waals surface area contributed by atoms with Crippen molar-refractivity contribution in [3.63, 3.8) is 0 Å². The standard InChI is InChI=1S/C8H13ClO2/c9-8(11)7(10)6-4-2-1-3-5-6/h6-7,10H,1-5H2. The average molecular weight is 177 g/mol. The number of carbonyl (C=O) groups excluding carboxylic acids is 1. The van der Waals surface area contributed by atoms with Gasteiger partial charge in [0.25, 0.3) is 0 Å². The summed E-state index contributed by atoms with van der Waals surface area (Å²) in [7, 11) is 0. The van der Waals surface area contributed by atoms with E-state index < -0.39 is 11.3 Å². The van der Waals surface area contributed by atoms with Crippen LogP contribution in [-0.4, -0.2) is 16.5 Å². The van der Waals surface area contributed by atoms with Crippen LogP contribution in [0.4, 0.5) is 0 Å². The van der Waals surface area contributed by atoms with E-state index in [0.29, 0.717) is 0 Å². The Morgan fingerprint density at radius 1 is 1.36 bits per heavy atom. The molecule has 0 aromatic rings. The minimum atomic E-state index is -0.919. The Bertz CT molecular complexity index is 141. The molecular formula is C8H13ClO2. The lowest BCUT2D eigenvalue weighted by Crippen LogP contribution is -2.27. The van der Waals surface area contributed by atoms with Crippen LogP contribution in [0.2, 0.25) is 0 Å². The van der Waals surface area contributed by atoms with Gasteiger partial charge in [-0.05, 0) is 30.4 Å². The first-order valence-corrected chi connectivity index (χ1v) is 4.47. The highest BCUT2D eigenvalue weighted by Gasteiger charge is 2.25. The average Bonchev–Trinajstić information content (AvgIpc) is 2.05. The fourth-order valence-electron chi connectivity index (χ4n) is 1.64. The zero-order chi connectivity index (χ0) is 8.27. The van der Waals surface area contributed by atoms with Crippen LogP contribution >= 0.6 is 11.6 Å². The predicted molar refractivity (Wildman–Crippen MR) is 43.4 cm³/mol. The molecule has 0 aromatic carbocycles. The van der Waals surface area contributed by atoms with E-state index in [1.165, 1.54) is 6.42 Å². The van der Waals surface area contributed by atoms with Gasteiger partial charge in [-0.2, -0.15) is 0 Å². The minimum Gasteiger partial charge on any atom is -0.384 e. The summed E-state index contributed by atoms with van der Waals surface area (Å²) in [6, 6.07) is 0. The lowest BCUT2D eigenvalue weighted by molar-refractivity contribution is -0.122. The number of aliphatic hydroxyl groups is 1. The van der Waals surface area contributed by atoms with Crippen LogP contribution in [0, 0.1) is 5.92 Å². The molecule has 1 aliphatic rings. The molecule has 1 rings (SSSR count). The van der Waals surface area contributed by atoms with Crippen molar-refractivity contribution in [3.8, 4) is 0 Å². The summed E-state index contributed by atoms with van der Waals surface area (Å²) in [5.41, 5.74) is 0. The van der Waals surface area contributed by atoms with E-state index in [1.54, 1.807) is 0 Å². The fourth-order valence-corrected chi connectivity index (χ4v) is 1.81. The molecule has 1 saturated carbocycles. The number of rotatable bonds is 2. The highest BCUT2D eigenvalue weighted by Crippen LogP contribution is 2.27. The number of aliphatic hydroxyl groups excluding tert-OH is 1. The molecule has 64 valence electrons. The first kappa shape index (κ1) is 9.01. The van der Waals surface area contributed by atoms with E-state index in [1.807, 2.05) is 0 Å². The van der Waals surface area contributed by atoms with Crippen LogP contribution < -0.4 is 0 Å². The van der Waals surface area contributed by atoms with Gasteiger partial charge in [0.1, 0.15) is 6.10 Å². The van der Waals surface area contributed by atoms with Crippen LogP contribution in [0.1, 0.15) is 32.1 Å². The van der Waals surface area contributed by atoms with Gasteiger partial charge in [0, 0.05) is 0 Å². The van der Waals surface area contributed by atoms with Gasteiger partial charge in [-0.25, -0.2) is 0 Å². The number of hydrogen-bond acceptors (Lipinski definition) is 2. The summed E-state index contributed by atoms with van der Waals surface area (Å²) >= 11 is 5.17. The Hall–Kier alpha value is -0.0800. The second-order valence-corrected chi connectivity index (χ2v) is 3.52. The molecule has 2 nitrogen and oxygen atoms in total. The molecule has 0 radical (unpaired) electrons. The summed E-state index contributed by atoms with van der Waals surface area (Å²) in [5.74, 6) is 0.119. The minimum absolute atomic E-state index is 0.119. The van der Waals surface area contributed by atoms with Gasteiger partial charge in [-0.3, -0.25) is 4.79 Å². The molecule has 0 heterocycles. The van der Waals surface area contributed by atoms with Crippen molar-refractivity contribution >= 4 is 16.8 Å². The van der Waals surface area contributed by atoms with E-state index in [0.717, 1.165) is 25.7 Å². The third-order valence-corrected chi connectivity index (χ3v) is 2.55. The molecule has 11 heavy (non-hydrogen) atoms. The summed E-state index contributed by atoms with van der Waals surface area (Å²) in [6.07, 6.45) is 4.42. The van der Waals surface area contributed by atoms with Crippen molar-refractivity contribution in [3.05, 3.63) is 0 Å². The van der Waals surface area contributed by atoms with E-state index in [9.17, 15) is 9.90 Å². The van der Waals surface area contributed by atoms with Crippen molar-refractivity contribution < 1.29 is 9.90 Å². The summed E-state index contributed by atoms with van der Waals surface area (Å²) in [5, 5.41) is 8.67. The first-order chi connectivity index (χ1) is 5.22. The quantitative estimate of drug-likeness (QED) is 0.651. The predicted octanol–water partition coefficient (Wildman–Crippen LogP) is 1.69. The molecule has 1 N–H and O–H groups in total. The zero-order valence-corrected chi connectivity index (χ0v) is 7.18. The largest absolute Gasteiger partial charge is 0.384 e. The van der Waals surface area contributed by atoms with Crippen molar-refractivity contribution in [1.82, 2.24) is 0 Å². The van der Waals surface area contributed by atoms with Crippen molar-refractivity contribution in [2.45, 2.75) is 38.2 Å². The van der Waals surface area contributed by atoms with Gasteiger partial charge in [-0.15, -0.1) is 0 Å². The lowest BCUT2D eigenvalue weighted by Gasteiger charge is -2.23. The lowest BCUT2D eigenvalue weighted by atomic mass is 9.86. The van der Waals surface area contributed by atoms with Gasteiger partial charge < -0.3 is 5.11 Å². The van der Waals surface area contributed by atoms with Gasteiger partial charge >= 0.3 is 0 Å². The summed E-state index contributed by atoms with van der Waals surface area (Å²) in [6.45, 7) is 0. The molecule has 3 heteroatoms. The molecule has 0 aliphatic heterocycles. The monoisotopic (exact) mass is 176 g/mol. The summed E-state index contributed by atoms with van der Waals surface area (Å²) < 4.78 is 0. The number of hydrogen-bond donors (Lipinski definition) is 1. The second-order valence-electron chi connectivity index (χ2n) is 3.15. The Morgan fingerprint density at radius 2 is 1.91 bits per heavy atom. The van der Waals surface area contributed by atoms with Gasteiger partial charge in [-0.1, -0.05) is 19.3 Å². The smallest absolute Gasteiger partial charge is 0.250 e. The van der Waals surface area contributed by atoms with Crippen LogP contribution in [0.3, 0.4) is 0 Å². The molecule has 1 atom stereocenters. The van der Waals surface area contributed by atoms with Crippen LogP contribution in [-0.2, 0) is 4.79 Å². The zero-order valence-electron chi connectivity index (χ0n) is 6.42. The molecule has 0 amide bonds. The van der Waals surface area contributed by atoms with E-state index in [-0.39, 0.29) is 5.92 Å². The molecule has 0 aromatic heterocycles. The fraction of sp³-hybridized carbons (Fsp3) is 0.875. The second kappa shape index (κ2) is 4.07. The topological polar surface area (TPSA) is 37.3 Å². The Morgan fingerprint density at radius 3 is 2.36 bits per heavy atom. The Balaban J connectivity index is 2.38. The third-order valence-electron chi connectivity index (χ3n) is 2.33. The number of carbonyl (C=O) groups is 1. The van der Waals surface area contributed by atoms with Crippen LogP contribution in [0.5, 0.6) is 0 Å². The Labute approximate surface area is 71.5 Å². The molecule has 0 spiro atoms. The van der Waals surface area contributed by atoms with Crippen molar-refractivity contribution in [1.29, 1.82) is 0 Å². The van der Waals surface area contributed by atoms with Crippen LogP contribution in [0.15, 0.2) is 0 Å². The molecule has 1 aliphatic carbocycles. The third kappa shape index (κ3) is 2.46. The molecule has 0 saturated heterocycles. The van der Waals surface area contributed by atoms with E-state index in [4.69, 9.17) is 11.6 Å². The SMILES string of the molecule is O=C(Cl)C(O)C1CCCCC1. The van der Waals surface area contributed by atoms with Crippen molar-refractivity contribution in [2.75, 3.05) is 0 Å². The highest BCUT2D eigenvalue weighted by atomic mass is 35.5. The Kier molecular flexibility index (Phi) is 3.34. The number of halogens is 1. The van der Waals surface area contributed by atoms with E-state index in [2.05, 4.69) is 0 Å². The van der Waals surface area contributed by atoms with Gasteiger partial charge in [0.15, 0.2) is 0 Å². The molecule has 0 bridgehead atoms. The van der Waals surface area contributed by atoms with Gasteiger partial charge in [0.2, 0.25) is 5.24 Å². The van der Waals surface area contributed by atoms with Crippen LogP contribution in [0.25, 0.3) is 0 Å². The maximum atomic E-state index is 10.6. The molecular weight excluding hydrogens is 164 g/mol. The maximum Gasteiger partial charge on any atom is 0.250 e. The van der Waals surface area contributed by atoms with Gasteiger partial charge in [0.05, 0.1) is 0 Å². The molecule has 1 unspecified atom stereocenters. The summed E-state index contributed by atoms with van der Waals surface area (Å²) in [4.78, 5) is 10.6.